The van der Waals surface area contributed by atoms with Crippen molar-refractivity contribution in [1.29, 1.82) is 0 Å². The monoisotopic (exact) mass is 504 g/mol. The Morgan fingerprint density at radius 1 is 0.722 bits per heavy atom. The zero-order valence-corrected chi connectivity index (χ0v) is 21.8. The number of rotatable bonds is 3. The van der Waals surface area contributed by atoms with E-state index in [1.54, 1.807) is 12.1 Å². The standard InChI is InChI=1S/C12H15BFNO4.C12H17BFNO2/c1-11(2)12(3,4)19-13(18-11)8-5-6-9(14)10(7-8)15(16)17;1-11(2)12(3,4)17-13(16-11)8-5-6-9(14)10(15)7-8/h5-7H,1-4H3;5-7H,15H2,1-4H3. The van der Waals surface area contributed by atoms with Crippen LogP contribution >= 0.6 is 0 Å². The molecular weight excluding hydrogens is 472 g/mol. The molecule has 2 N–H and O–H groups in total. The highest BCUT2D eigenvalue weighted by atomic mass is 19.1. The van der Waals surface area contributed by atoms with Crippen LogP contribution in [0.5, 0.6) is 0 Å². The molecule has 2 fully saturated rings. The number of benzene rings is 2. The molecule has 0 unspecified atom stereocenters. The Labute approximate surface area is 210 Å². The van der Waals surface area contributed by atoms with E-state index in [0.29, 0.717) is 5.46 Å². The van der Waals surface area contributed by atoms with Crippen LogP contribution in [-0.4, -0.2) is 41.6 Å². The first-order valence-corrected chi connectivity index (χ1v) is 11.6. The summed E-state index contributed by atoms with van der Waals surface area (Å²) in [6.07, 6.45) is 0. The quantitative estimate of drug-likeness (QED) is 0.294. The second kappa shape index (κ2) is 9.41. The van der Waals surface area contributed by atoms with E-state index in [1.165, 1.54) is 12.1 Å². The molecule has 0 spiro atoms. The zero-order valence-electron chi connectivity index (χ0n) is 21.8. The molecule has 0 amide bonds. The zero-order chi connectivity index (χ0) is 27.3. The average molecular weight is 504 g/mol. The number of hydrogen-bond acceptors (Lipinski definition) is 7. The van der Waals surface area contributed by atoms with Crippen molar-refractivity contribution < 1.29 is 32.3 Å². The Morgan fingerprint density at radius 3 is 1.44 bits per heavy atom. The van der Waals surface area contributed by atoms with E-state index in [0.717, 1.165) is 17.6 Å². The summed E-state index contributed by atoms with van der Waals surface area (Å²) in [5, 5.41) is 10.7. The van der Waals surface area contributed by atoms with Crippen LogP contribution in [0.1, 0.15) is 55.4 Å². The number of nitro groups is 1. The van der Waals surface area contributed by atoms with E-state index in [2.05, 4.69) is 0 Å². The molecule has 2 saturated heterocycles. The first-order valence-electron chi connectivity index (χ1n) is 11.6. The van der Waals surface area contributed by atoms with Gasteiger partial charge in [-0.2, -0.15) is 4.39 Å². The summed E-state index contributed by atoms with van der Waals surface area (Å²) in [7, 11) is -1.23. The topological polar surface area (TPSA) is 106 Å². The Kier molecular flexibility index (Phi) is 7.33. The number of anilines is 1. The molecule has 0 saturated carbocycles. The minimum absolute atomic E-state index is 0.109. The van der Waals surface area contributed by atoms with Crippen LogP contribution in [0.3, 0.4) is 0 Å². The molecule has 2 aliphatic rings. The lowest BCUT2D eigenvalue weighted by molar-refractivity contribution is -0.387. The van der Waals surface area contributed by atoms with E-state index >= 15 is 0 Å². The molecule has 2 aromatic rings. The van der Waals surface area contributed by atoms with Gasteiger partial charge in [-0.15, -0.1) is 0 Å². The number of halogens is 2. The lowest BCUT2D eigenvalue weighted by atomic mass is 9.79. The number of nitrogen functional groups attached to an aromatic ring is 1. The van der Waals surface area contributed by atoms with Gasteiger partial charge in [0, 0.05) is 6.07 Å². The van der Waals surface area contributed by atoms with Gasteiger partial charge in [0.25, 0.3) is 0 Å². The maximum absolute atomic E-state index is 13.3. The summed E-state index contributed by atoms with van der Waals surface area (Å²) >= 11 is 0. The van der Waals surface area contributed by atoms with Crippen molar-refractivity contribution in [3.05, 3.63) is 58.1 Å². The van der Waals surface area contributed by atoms with Crippen LogP contribution < -0.4 is 16.7 Å². The maximum Gasteiger partial charge on any atom is 0.495 e. The molecule has 0 bridgehead atoms. The third-order valence-electron chi connectivity index (χ3n) is 7.24. The van der Waals surface area contributed by atoms with E-state index < -0.39 is 58.9 Å². The van der Waals surface area contributed by atoms with Gasteiger partial charge in [0.15, 0.2) is 5.82 Å². The van der Waals surface area contributed by atoms with Gasteiger partial charge in [0.2, 0.25) is 0 Å². The van der Waals surface area contributed by atoms with Crippen molar-refractivity contribution in [3.8, 4) is 0 Å². The fraction of sp³-hybridized carbons (Fsp3) is 0.500. The smallest absolute Gasteiger partial charge is 0.399 e. The van der Waals surface area contributed by atoms with Crippen LogP contribution in [0.2, 0.25) is 0 Å². The summed E-state index contributed by atoms with van der Waals surface area (Å²) in [6.45, 7) is 15.4. The summed E-state index contributed by atoms with van der Waals surface area (Å²) < 4.78 is 49.6. The van der Waals surface area contributed by atoms with Gasteiger partial charge in [-0.1, -0.05) is 12.1 Å². The van der Waals surface area contributed by atoms with E-state index in [-0.39, 0.29) is 5.69 Å². The Morgan fingerprint density at radius 2 is 1.08 bits per heavy atom. The highest BCUT2D eigenvalue weighted by Crippen LogP contribution is 2.37. The molecule has 8 nitrogen and oxygen atoms in total. The number of hydrogen-bond donors (Lipinski definition) is 1. The van der Waals surface area contributed by atoms with Crippen LogP contribution in [-0.2, 0) is 18.6 Å². The fourth-order valence-electron chi connectivity index (χ4n) is 3.48. The van der Waals surface area contributed by atoms with Gasteiger partial charge in [-0.05, 0) is 84.5 Å². The largest absolute Gasteiger partial charge is 0.495 e. The highest BCUT2D eigenvalue weighted by molar-refractivity contribution is 6.62. The predicted molar refractivity (Wildman–Crippen MR) is 135 cm³/mol. The van der Waals surface area contributed by atoms with E-state index in [9.17, 15) is 18.9 Å². The second-order valence-electron chi connectivity index (χ2n) is 10.9. The molecule has 36 heavy (non-hydrogen) atoms. The minimum atomic E-state index is -0.870. The van der Waals surface area contributed by atoms with Crippen molar-refractivity contribution in [2.75, 3.05) is 5.73 Å². The van der Waals surface area contributed by atoms with Crippen molar-refractivity contribution in [3.63, 3.8) is 0 Å². The predicted octanol–water partition coefficient (Wildman–Crippen LogP) is 3.74. The summed E-state index contributed by atoms with van der Waals surface area (Å²) in [5.41, 5.74) is 4.36. The summed E-state index contributed by atoms with van der Waals surface area (Å²) in [5.74, 6) is -1.30. The number of nitro benzene ring substituents is 1. The highest BCUT2D eigenvalue weighted by Gasteiger charge is 2.52. The van der Waals surface area contributed by atoms with E-state index in [4.69, 9.17) is 24.4 Å². The minimum Gasteiger partial charge on any atom is -0.399 e. The number of nitrogens with zero attached hydrogens (tertiary/aromatic N) is 1. The van der Waals surface area contributed by atoms with Gasteiger partial charge in [0.05, 0.1) is 33.0 Å². The summed E-state index contributed by atoms with van der Waals surface area (Å²) in [6, 6.07) is 8.15. The van der Waals surface area contributed by atoms with Gasteiger partial charge in [-0.25, -0.2) is 4.39 Å². The molecule has 2 aliphatic heterocycles. The van der Waals surface area contributed by atoms with Crippen molar-refractivity contribution in [2.24, 2.45) is 0 Å². The normalized spacial score (nSPS) is 21.2. The molecule has 0 atom stereocenters. The van der Waals surface area contributed by atoms with Crippen LogP contribution in [0.25, 0.3) is 0 Å². The van der Waals surface area contributed by atoms with Crippen LogP contribution in [0, 0.1) is 21.7 Å². The van der Waals surface area contributed by atoms with Crippen molar-refractivity contribution in [2.45, 2.75) is 77.8 Å². The lowest BCUT2D eigenvalue weighted by Gasteiger charge is -2.32. The molecule has 12 heteroatoms. The Bertz CT molecular complexity index is 1130. The third kappa shape index (κ3) is 5.41. The SMILES string of the molecule is CC1(C)OB(c2ccc(F)c(N)c2)OC1(C)C.CC1(C)OB(c2ccc(F)c([N+](=O)[O-])c2)OC1(C)C. The van der Waals surface area contributed by atoms with Crippen molar-refractivity contribution >= 4 is 36.5 Å². The van der Waals surface area contributed by atoms with Crippen molar-refractivity contribution in [1.82, 2.24) is 0 Å². The third-order valence-corrected chi connectivity index (χ3v) is 7.24. The molecule has 2 heterocycles. The average Bonchev–Trinajstić information content (AvgIpc) is 3.10. The van der Waals surface area contributed by atoms with Gasteiger partial charge in [-0.3, -0.25) is 10.1 Å². The number of nitrogens with two attached hydrogens (primary N) is 1. The Hall–Kier alpha value is -2.53. The maximum atomic E-state index is 13.3. The molecular formula is C24H32B2F2N2O6. The second-order valence-corrected chi connectivity index (χ2v) is 10.9. The molecule has 0 radical (unpaired) electrons. The van der Waals surface area contributed by atoms with Gasteiger partial charge >= 0.3 is 19.9 Å². The van der Waals surface area contributed by atoms with Gasteiger partial charge < -0.3 is 24.4 Å². The fourth-order valence-corrected chi connectivity index (χ4v) is 3.48. The Balaban J connectivity index is 0.000000202. The molecule has 0 aliphatic carbocycles. The van der Waals surface area contributed by atoms with E-state index in [1.807, 2.05) is 55.4 Å². The summed E-state index contributed by atoms with van der Waals surface area (Å²) in [4.78, 5) is 9.97. The van der Waals surface area contributed by atoms with Crippen LogP contribution in [0.15, 0.2) is 36.4 Å². The molecule has 2 aromatic carbocycles. The van der Waals surface area contributed by atoms with Crippen LogP contribution in [0.4, 0.5) is 20.2 Å². The first kappa shape index (κ1) is 28.0. The molecule has 0 aromatic heterocycles. The first-order chi connectivity index (χ1) is 16.4. The lowest BCUT2D eigenvalue weighted by Crippen LogP contribution is -2.41. The molecule has 194 valence electrons. The van der Waals surface area contributed by atoms with Gasteiger partial charge in [0.1, 0.15) is 5.82 Å². The molecule has 4 rings (SSSR count).